The lowest BCUT2D eigenvalue weighted by Crippen LogP contribution is -2.45. The number of thiophene rings is 1. The molecule has 1 N–H and O–H groups in total. The number of amides is 2. The first-order chi connectivity index (χ1) is 9.70. The molecule has 110 valence electrons. The maximum absolute atomic E-state index is 12.1. The molecular weight excluding hydrogens is 276 g/mol. The van der Waals surface area contributed by atoms with Gasteiger partial charge in [0.1, 0.15) is 0 Å². The predicted octanol–water partition coefficient (Wildman–Crippen LogP) is 2.23. The van der Waals surface area contributed by atoms with Crippen molar-refractivity contribution in [3.05, 3.63) is 22.4 Å². The Labute approximate surface area is 122 Å². The molecule has 0 aromatic carbocycles. The van der Waals surface area contributed by atoms with Crippen molar-refractivity contribution in [2.45, 2.75) is 26.3 Å². The van der Waals surface area contributed by atoms with Crippen LogP contribution >= 0.6 is 11.3 Å². The highest BCUT2D eigenvalue weighted by atomic mass is 32.1. The molecule has 2 rings (SSSR count). The zero-order valence-corrected chi connectivity index (χ0v) is 12.4. The van der Waals surface area contributed by atoms with Crippen molar-refractivity contribution in [1.82, 2.24) is 10.2 Å². The normalized spacial score (nSPS) is 18.6. The van der Waals surface area contributed by atoms with E-state index in [1.807, 2.05) is 17.5 Å². The molecule has 5 nitrogen and oxygen atoms in total. The Morgan fingerprint density at radius 3 is 3.10 bits per heavy atom. The van der Waals surface area contributed by atoms with E-state index in [-0.39, 0.29) is 17.9 Å². The molecule has 0 radical (unpaired) electrons. The molecule has 0 saturated carbocycles. The van der Waals surface area contributed by atoms with Crippen LogP contribution < -0.4 is 5.32 Å². The zero-order chi connectivity index (χ0) is 14.4. The summed E-state index contributed by atoms with van der Waals surface area (Å²) in [4.78, 5) is 26.6. The number of nitrogens with zero attached hydrogens (tertiary/aromatic N) is 1. The maximum atomic E-state index is 12.1. The number of carbonyl (C=O) groups excluding carboxylic acids is 2. The van der Waals surface area contributed by atoms with Crippen molar-refractivity contribution in [3.8, 4) is 0 Å². The van der Waals surface area contributed by atoms with Crippen LogP contribution in [0.2, 0.25) is 0 Å². The number of likely N-dealkylation sites (tertiary alicyclic amines) is 1. The number of nitrogens with one attached hydrogen (secondary N) is 1. The minimum Gasteiger partial charge on any atom is -0.450 e. The van der Waals surface area contributed by atoms with Crippen LogP contribution in [0.15, 0.2) is 17.5 Å². The first-order valence-corrected chi connectivity index (χ1v) is 7.80. The number of ether oxygens (including phenoxy) is 1. The summed E-state index contributed by atoms with van der Waals surface area (Å²) >= 11 is 1.62. The van der Waals surface area contributed by atoms with Gasteiger partial charge in [0.2, 0.25) is 5.91 Å². The van der Waals surface area contributed by atoms with E-state index in [4.69, 9.17) is 4.74 Å². The number of piperidine rings is 1. The summed E-state index contributed by atoms with van der Waals surface area (Å²) in [6.07, 6.45) is 1.35. The van der Waals surface area contributed by atoms with Crippen molar-refractivity contribution < 1.29 is 14.3 Å². The Morgan fingerprint density at radius 1 is 1.55 bits per heavy atom. The lowest BCUT2D eigenvalue weighted by molar-refractivity contribution is -0.126. The van der Waals surface area contributed by atoms with Gasteiger partial charge in [-0.25, -0.2) is 4.79 Å². The molecule has 0 spiro atoms. The van der Waals surface area contributed by atoms with Crippen LogP contribution in [-0.4, -0.2) is 36.6 Å². The van der Waals surface area contributed by atoms with Gasteiger partial charge in [-0.15, -0.1) is 11.3 Å². The van der Waals surface area contributed by atoms with Crippen LogP contribution in [0.4, 0.5) is 4.79 Å². The third kappa shape index (κ3) is 3.96. The molecular formula is C14H20N2O3S. The Morgan fingerprint density at radius 2 is 2.40 bits per heavy atom. The van der Waals surface area contributed by atoms with Crippen molar-refractivity contribution in [3.63, 3.8) is 0 Å². The first-order valence-electron chi connectivity index (χ1n) is 6.92. The summed E-state index contributed by atoms with van der Waals surface area (Å²) in [7, 11) is 0. The summed E-state index contributed by atoms with van der Waals surface area (Å²) in [5, 5.41) is 4.93. The molecule has 1 unspecified atom stereocenters. The van der Waals surface area contributed by atoms with Gasteiger partial charge in [0.15, 0.2) is 0 Å². The van der Waals surface area contributed by atoms with Gasteiger partial charge >= 0.3 is 6.09 Å². The quantitative estimate of drug-likeness (QED) is 0.927. The Hall–Kier alpha value is -1.56. The summed E-state index contributed by atoms with van der Waals surface area (Å²) < 4.78 is 4.99. The third-order valence-electron chi connectivity index (χ3n) is 3.34. The SMILES string of the molecule is CCOC(=O)N1CCCC(C(=O)NCc2cccs2)C1. The third-order valence-corrected chi connectivity index (χ3v) is 4.21. The van der Waals surface area contributed by atoms with Gasteiger partial charge in [-0.2, -0.15) is 0 Å². The van der Waals surface area contributed by atoms with Gasteiger partial charge < -0.3 is 15.0 Å². The summed E-state index contributed by atoms with van der Waals surface area (Å²) in [5.41, 5.74) is 0. The van der Waals surface area contributed by atoms with Gasteiger partial charge in [-0.05, 0) is 31.2 Å². The second kappa shape index (κ2) is 7.28. The van der Waals surface area contributed by atoms with Crippen LogP contribution in [0.1, 0.15) is 24.6 Å². The fourth-order valence-electron chi connectivity index (χ4n) is 2.30. The average molecular weight is 296 g/mol. The van der Waals surface area contributed by atoms with E-state index in [0.29, 0.717) is 26.2 Å². The van der Waals surface area contributed by atoms with E-state index in [9.17, 15) is 9.59 Å². The summed E-state index contributed by atoms with van der Waals surface area (Å²) in [6, 6.07) is 3.96. The number of carbonyl (C=O) groups is 2. The molecule has 6 heteroatoms. The lowest BCUT2D eigenvalue weighted by Gasteiger charge is -2.31. The topological polar surface area (TPSA) is 58.6 Å². The minimum absolute atomic E-state index is 0.0207. The standard InChI is InChI=1S/C14H20N2O3S/c1-2-19-14(18)16-7-3-5-11(10-16)13(17)15-9-12-6-4-8-20-12/h4,6,8,11H,2-3,5,7,9-10H2,1H3,(H,15,17). The van der Waals surface area contributed by atoms with Crippen LogP contribution in [0.3, 0.4) is 0 Å². The molecule has 1 aliphatic heterocycles. The molecule has 1 aromatic rings. The fraction of sp³-hybridized carbons (Fsp3) is 0.571. The Bertz CT molecular complexity index is 447. The van der Waals surface area contributed by atoms with E-state index in [1.54, 1.807) is 23.2 Å². The molecule has 2 amide bonds. The van der Waals surface area contributed by atoms with Gasteiger partial charge in [-0.3, -0.25) is 4.79 Å². The smallest absolute Gasteiger partial charge is 0.409 e. The van der Waals surface area contributed by atoms with E-state index in [2.05, 4.69) is 5.32 Å². The molecule has 20 heavy (non-hydrogen) atoms. The molecule has 0 bridgehead atoms. The first kappa shape index (κ1) is 14.8. The highest BCUT2D eigenvalue weighted by Crippen LogP contribution is 2.18. The van der Waals surface area contributed by atoms with Gasteiger partial charge in [0, 0.05) is 18.0 Å². The minimum atomic E-state index is -0.316. The molecule has 1 fully saturated rings. The van der Waals surface area contributed by atoms with Gasteiger partial charge in [-0.1, -0.05) is 6.07 Å². The molecule has 1 aromatic heterocycles. The van der Waals surface area contributed by atoms with Crippen LogP contribution in [-0.2, 0) is 16.1 Å². The highest BCUT2D eigenvalue weighted by Gasteiger charge is 2.28. The van der Waals surface area contributed by atoms with Gasteiger partial charge in [0.05, 0.1) is 19.1 Å². The monoisotopic (exact) mass is 296 g/mol. The molecule has 0 aliphatic carbocycles. The fourth-order valence-corrected chi connectivity index (χ4v) is 2.95. The van der Waals surface area contributed by atoms with Crippen molar-refractivity contribution in [2.24, 2.45) is 5.92 Å². The maximum Gasteiger partial charge on any atom is 0.409 e. The van der Waals surface area contributed by atoms with E-state index in [0.717, 1.165) is 17.7 Å². The molecule has 1 aliphatic rings. The number of rotatable bonds is 4. The predicted molar refractivity (Wildman–Crippen MR) is 77.5 cm³/mol. The van der Waals surface area contributed by atoms with E-state index < -0.39 is 0 Å². The van der Waals surface area contributed by atoms with E-state index in [1.165, 1.54) is 0 Å². The number of hydrogen-bond acceptors (Lipinski definition) is 4. The van der Waals surface area contributed by atoms with Crippen molar-refractivity contribution in [1.29, 1.82) is 0 Å². The molecule has 1 atom stereocenters. The van der Waals surface area contributed by atoms with Crippen LogP contribution in [0, 0.1) is 5.92 Å². The van der Waals surface area contributed by atoms with E-state index >= 15 is 0 Å². The second-order valence-corrected chi connectivity index (χ2v) is 5.81. The average Bonchev–Trinajstić information content (AvgIpc) is 2.98. The Balaban J connectivity index is 1.81. The second-order valence-electron chi connectivity index (χ2n) is 4.78. The van der Waals surface area contributed by atoms with Crippen molar-refractivity contribution in [2.75, 3.05) is 19.7 Å². The number of hydrogen-bond donors (Lipinski definition) is 1. The molecule has 1 saturated heterocycles. The largest absolute Gasteiger partial charge is 0.450 e. The van der Waals surface area contributed by atoms with Gasteiger partial charge in [0.25, 0.3) is 0 Å². The van der Waals surface area contributed by atoms with Crippen LogP contribution in [0.5, 0.6) is 0 Å². The zero-order valence-electron chi connectivity index (χ0n) is 11.6. The summed E-state index contributed by atoms with van der Waals surface area (Å²) in [5.74, 6) is -0.111. The summed E-state index contributed by atoms with van der Waals surface area (Å²) in [6.45, 7) is 3.84. The van der Waals surface area contributed by atoms with Crippen molar-refractivity contribution >= 4 is 23.3 Å². The lowest BCUT2D eigenvalue weighted by atomic mass is 9.97. The highest BCUT2D eigenvalue weighted by molar-refractivity contribution is 7.09. The Kier molecular flexibility index (Phi) is 5.40. The molecule has 2 heterocycles. The van der Waals surface area contributed by atoms with Crippen LogP contribution in [0.25, 0.3) is 0 Å².